The second-order valence-electron chi connectivity index (χ2n) is 5.22. The van der Waals surface area contributed by atoms with Crippen molar-refractivity contribution in [2.24, 2.45) is 0 Å². The molecule has 0 aliphatic rings. The van der Waals surface area contributed by atoms with Crippen LogP contribution in [0.3, 0.4) is 0 Å². The van der Waals surface area contributed by atoms with Gasteiger partial charge in [0.1, 0.15) is 0 Å². The molecule has 144 valence electrons. The van der Waals surface area contributed by atoms with Crippen molar-refractivity contribution in [1.82, 2.24) is 0 Å². The zero-order valence-electron chi connectivity index (χ0n) is 13.6. The van der Waals surface area contributed by atoms with E-state index in [-0.39, 0.29) is 33.4 Å². The summed E-state index contributed by atoms with van der Waals surface area (Å²) in [6.45, 7) is 0. The van der Waals surface area contributed by atoms with Crippen LogP contribution in [-0.4, -0.2) is 38.2 Å². The predicted molar refractivity (Wildman–Crippen MR) is 112 cm³/mol. The van der Waals surface area contributed by atoms with Gasteiger partial charge in [-0.25, -0.2) is 9.59 Å². The summed E-state index contributed by atoms with van der Waals surface area (Å²) < 4.78 is 0. The molecule has 0 aromatic heterocycles. The SMILES string of the molecule is O=C(c1ccc(C(=O)O)c(C(=O)SS)c1)c1ccc(C(=O)O)c(C(=O)SS)c1. The quantitative estimate of drug-likeness (QED) is 0.293. The van der Waals surface area contributed by atoms with Crippen molar-refractivity contribution in [2.75, 3.05) is 0 Å². The number of carbonyl (C=O) groups excluding carboxylic acids is 3. The van der Waals surface area contributed by atoms with Crippen molar-refractivity contribution in [2.45, 2.75) is 0 Å². The zero-order chi connectivity index (χ0) is 21.0. The van der Waals surface area contributed by atoms with Gasteiger partial charge in [0.2, 0.25) is 10.2 Å². The lowest BCUT2D eigenvalue weighted by Crippen LogP contribution is -2.11. The van der Waals surface area contributed by atoms with Gasteiger partial charge in [0.05, 0.1) is 11.1 Å². The molecule has 0 aliphatic carbocycles. The van der Waals surface area contributed by atoms with E-state index in [1.807, 2.05) is 0 Å². The molecule has 2 aromatic rings. The predicted octanol–water partition coefficient (Wildman–Crippen LogP) is 3.75. The largest absolute Gasteiger partial charge is 0.478 e. The van der Waals surface area contributed by atoms with Crippen LogP contribution in [0.2, 0.25) is 0 Å². The molecule has 0 fully saturated rings. The van der Waals surface area contributed by atoms with E-state index < -0.39 is 28.0 Å². The minimum atomic E-state index is -1.34. The lowest BCUT2D eigenvalue weighted by Gasteiger charge is -2.09. The first-order valence-corrected chi connectivity index (χ1v) is 11.0. The van der Waals surface area contributed by atoms with Crippen molar-refractivity contribution < 1.29 is 34.2 Å². The number of carbonyl (C=O) groups is 5. The maximum absolute atomic E-state index is 12.8. The van der Waals surface area contributed by atoms with E-state index in [1.54, 1.807) is 0 Å². The van der Waals surface area contributed by atoms with Crippen LogP contribution in [0, 0.1) is 0 Å². The maximum Gasteiger partial charge on any atom is 0.336 e. The molecule has 28 heavy (non-hydrogen) atoms. The number of hydrogen-bond acceptors (Lipinski definition) is 9. The lowest BCUT2D eigenvalue weighted by atomic mass is 9.96. The number of carboxylic acids is 2. The first kappa shape index (κ1) is 22.1. The van der Waals surface area contributed by atoms with E-state index in [1.165, 1.54) is 12.1 Å². The van der Waals surface area contributed by atoms with E-state index in [0.717, 1.165) is 24.3 Å². The van der Waals surface area contributed by atoms with E-state index in [0.29, 0.717) is 21.6 Å². The molecule has 11 heteroatoms. The molecular formula is C17H10O7S4. The molecule has 0 unspecified atom stereocenters. The Bertz CT molecular complexity index is 937. The van der Waals surface area contributed by atoms with Crippen molar-refractivity contribution in [3.63, 3.8) is 0 Å². The van der Waals surface area contributed by atoms with E-state index in [4.69, 9.17) is 0 Å². The molecular weight excluding hydrogens is 444 g/mol. The standard InChI is InChI=1S/C17H10O7S4/c18-13(7-1-3-9(14(19)20)11(5-7)16(23)27-25)8-2-4-10(15(21)22)12(6-8)17(24)28-26/h1-6,25-26H,(H,19,20)(H,21,22). The van der Waals surface area contributed by atoms with Gasteiger partial charge in [-0.3, -0.25) is 14.4 Å². The van der Waals surface area contributed by atoms with Crippen LogP contribution in [0.15, 0.2) is 36.4 Å². The molecule has 2 N–H and O–H groups in total. The molecule has 7 nitrogen and oxygen atoms in total. The summed E-state index contributed by atoms with van der Waals surface area (Å²) in [4.78, 5) is 59.2. The van der Waals surface area contributed by atoms with Crippen LogP contribution in [-0.2, 0) is 0 Å². The molecule has 0 amide bonds. The highest BCUT2D eigenvalue weighted by Crippen LogP contribution is 2.25. The van der Waals surface area contributed by atoms with Crippen LogP contribution >= 0.6 is 44.9 Å². The summed E-state index contributed by atoms with van der Waals surface area (Å²) >= 11 is 7.52. The zero-order valence-corrected chi connectivity index (χ0v) is 17.0. The summed E-state index contributed by atoms with van der Waals surface area (Å²) in [6, 6.07) is 6.94. The topological polar surface area (TPSA) is 126 Å². The van der Waals surface area contributed by atoms with Gasteiger partial charge in [0.15, 0.2) is 5.78 Å². The van der Waals surface area contributed by atoms with Crippen molar-refractivity contribution >= 4 is 72.9 Å². The molecule has 2 aromatic carbocycles. The van der Waals surface area contributed by atoms with Gasteiger partial charge in [-0.05, 0) is 45.9 Å². The Morgan fingerprint density at radius 1 is 0.643 bits per heavy atom. The number of aromatic carboxylic acids is 2. The van der Waals surface area contributed by atoms with Crippen LogP contribution in [0.4, 0.5) is 0 Å². The maximum atomic E-state index is 12.8. The molecule has 0 atom stereocenters. The van der Waals surface area contributed by atoms with E-state index >= 15 is 0 Å². The first-order chi connectivity index (χ1) is 13.2. The average Bonchev–Trinajstić information content (AvgIpc) is 2.70. The summed E-state index contributed by atoms with van der Waals surface area (Å²) in [7, 11) is 1.000. The number of carboxylic acid groups (broad SMARTS) is 2. The first-order valence-electron chi connectivity index (χ1n) is 7.22. The van der Waals surface area contributed by atoms with Gasteiger partial charge in [-0.2, -0.15) is 0 Å². The summed E-state index contributed by atoms with van der Waals surface area (Å²) in [5.74, 6) is -3.30. The Labute approximate surface area is 176 Å². The Kier molecular flexibility index (Phi) is 7.35. The second-order valence-corrected chi connectivity index (χ2v) is 7.42. The van der Waals surface area contributed by atoms with Gasteiger partial charge in [-0.1, -0.05) is 12.1 Å². The Morgan fingerprint density at radius 3 is 1.29 bits per heavy atom. The van der Waals surface area contributed by atoms with Gasteiger partial charge >= 0.3 is 11.9 Å². The number of thiol groups is 2. The summed E-state index contributed by atoms with van der Waals surface area (Å²) in [5.41, 5.74) is -0.991. The second kappa shape index (κ2) is 9.32. The van der Waals surface area contributed by atoms with E-state index in [9.17, 15) is 34.2 Å². The fourth-order valence-electron chi connectivity index (χ4n) is 2.35. The molecule has 0 aliphatic heterocycles. The summed E-state index contributed by atoms with van der Waals surface area (Å²) in [5, 5.41) is 17.1. The molecule has 0 spiro atoms. The van der Waals surface area contributed by atoms with Crippen LogP contribution < -0.4 is 0 Å². The highest BCUT2D eigenvalue weighted by atomic mass is 33.1. The highest BCUT2D eigenvalue weighted by Gasteiger charge is 2.22. The molecule has 0 heterocycles. The molecule has 2 rings (SSSR count). The number of ketones is 1. The average molecular weight is 455 g/mol. The minimum Gasteiger partial charge on any atom is -0.478 e. The third kappa shape index (κ3) is 4.61. The number of rotatable bonds is 6. The van der Waals surface area contributed by atoms with Crippen molar-refractivity contribution in [3.05, 3.63) is 69.8 Å². The minimum absolute atomic E-state index is 0.00395. The Balaban J connectivity index is 2.57. The van der Waals surface area contributed by atoms with Crippen LogP contribution in [0.1, 0.15) is 57.4 Å². The monoisotopic (exact) mass is 454 g/mol. The normalized spacial score (nSPS) is 10.4. The third-order valence-corrected chi connectivity index (χ3v) is 5.40. The number of hydrogen-bond donors (Lipinski definition) is 4. The number of benzene rings is 2. The van der Waals surface area contributed by atoms with Crippen molar-refractivity contribution in [1.29, 1.82) is 0 Å². The smallest absolute Gasteiger partial charge is 0.336 e. The Hall–Kier alpha value is -2.21. The molecule has 0 saturated carbocycles. The lowest BCUT2D eigenvalue weighted by molar-refractivity contribution is 0.0684. The van der Waals surface area contributed by atoms with Gasteiger partial charge in [-0.15, -0.1) is 23.3 Å². The van der Waals surface area contributed by atoms with Crippen LogP contribution in [0.25, 0.3) is 0 Å². The fourth-order valence-corrected chi connectivity index (χ4v) is 3.47. The van der Waals surface area contributed by atoms with E-state index in [2.05, 4.69) is 23.3 Å². The van der Waals surface area contributed by atoms with Crippen LogP contribution in [0.5, 0.6) is 0 Å². The van der Waals surface area contributed by atoms with Crippen molar-refractivity contribution in [3.8, 4) is 0 Å². The highest BCUT2D eigenvalue weighted by molar-refractivity contribution is 8.75. The molecule has 0 saturated heterocycles. The van der Waals surface area contributed by atoms with Gasteiger partial charge in [0, 0.05) is 22.3 Å². The molecule has 0 radical (unpaired) electrons. The molecule has 0 bridgehead atoms. The third-order valence-electron chi connectivity index (χ3n) is 3.63. The fraction of sp³-hybridized carbons (Fsp3) is 0. The van der Waals surface area contributed by atoms with Gasteiger partial charge in [0.25, 0.3) is 0 Å². The van der Waals surface area contributed by atoms with Gasteiger partial charge < -0.3 is 10.2 Å². The Morgan fingerprint density at radius 2 is 1.00 bits per heavy atom. The summed E-state index contributed by atoms with van der Waals surface area (Å²) in [6.07, 6.45) is 0.